The van der Waals surface area contributed by atoms with E-state index in [9.17, 15) is 4.79 Å². The van der Waals surface area contributed by atoms with E-state index in [1.54, 1.807) is 10.8 Å². The molecule has 2 saturated heterocycles. The lowest BCUT2D eigenvalue weighted by molar-refractivity contribution is -0.442. The lowest BCUT2D eigenvalue weighted by Gasteiger charge is -2.30. The van der Waals surface area contributed by atoms with Crippen LogP contribution in [-0.4, -0.2) is 88.2 Å². The second kappa shape index (κ2) is 12.4. The van der Waals surface area contributed by atoms with Crippen molar-refractivity contribution in [2.75, 3.05) is 51.7 Å². The molecule has 6 rings (SSSR count). The Balaban J connectivity index is 1.17. The maximum atomic E-state index is 12.9. The smallest absolute Gasteiger partial charge is 0.363 e. The van der Waals surface area contributed by atoms with Gasteiger partial charge in [0.2, 0.25) is 12.2 Å². The van der Waals surface area contributed by atoms with Crippen molar-refractivity contribution in [3.05, 3.63) is 84.2 Å². The summed E-state index contributed by atoms with van der Waals surface area (Å²) in [5, 5.41) is 4.90. The maximum absolute atomic E-state index is 12.9. The molecule has 0 spiro atoms. The van der Waals surface area contributed by atoms with E-state index < -0.39 is 0 Å². The number of nitrogens with two attached hydrogens (primary N) is 1. The zero-order chi connectivity index (χ0) is 28.0. The van der Waals surface area contributed by atoms with Crippen molar-refractivity contribution < 1.29 is 19.0 Å². The summed E-state index contributed by atoms with van der Waals surface area (Å²) >= 11 is 0. The Kier molecular flexibility index (Phi) is 8.11. The number of hydrogen-bond donors (Lipinski definition) is 1. The van der Waals surface area contributed by atoms with Crippen molar-refractivity contribution in [2.45, 2.75) is 12.8 Å². The molecular formula is C31H34N7O3+. The summed E-state index contributed by atoms with van der Waals surface area (Å²) in [7, 11) is 0. The van der Waals surface area contributed by atoms with Gasteiger partial charge in [-0.05, 0) is 54.2 Å². The van der Waals surface area contributed by atoms with Gasteiger partial charge in [-0.2, -0.15) is 4.98 Å². The standard InChI is InChI=1S/C31H34N7O3/c32-30-28-29(24-10-12-26(13-11-24)41-25-7-2-1-3-8-25)35-38(31(28)34-22-33-30)21-23-6-4-15-37(20-23)27(39)9-5-14-36-16-18-40-19-17-36/h1-3,5,7-13,21-23H,4,6,14-20H2,(H2,32,33,34)/q+1/b9-5+,38-21+. The van der Waals surface area contributed by atoms with Gasteiger partial charge in [0, 0.05) is 50.3 Å². The van der Waals surface area contributed by atoms with E-state index in [0.717, 1.165) is 69.3 Å². The highest BCUT2D eigenvalue weighted by molar-refractivity contribution is 6.18. The largest absolute Gasteiger partial charge is 0.457 e. The molecule has 210 valence electrons. The summed E-state index contributed by atoms with van der Waals surface area (Å²) in [6.07, 6.45) is 9.07. The van der Waals surface area contributed by atoms with E-state index in [-0.39, 0.29) is 11.8 Å². The van der Waals surface area contributed by atoms with E-state index in [0.29, 0.717) is 29.5 Å². The number of nitrogen functional groups attached to an aromatic ring is 1. The predicted octanol–water partition coefficient (Wildman–Crippen LogP) is 3.46. The molecule has 0 bridgehead atoms. The van der Waals surface area contributed by atoms with Gasteiger partial charge in [0.25, 0.3) is 0 Å². The highest BCUT2D eigenvalue weighted by Crippen LogP contribution is 2.32. The Hall–Kier alpha value is -4.41. The van der Waals surface area contributed by atoms with Gasteiger partial charge in [0.15, 0.2) is 0 Å². The molecule has 1 unspecified atom stereocenters. The monoisotopic (exact) mass is 552 g/mol. The van der Waals surface area contributed by atoms with Crippen LogP contribution in [0.3, 0.4) is 0 Å². The molecule has 4 heterocycles. The first-order valence-corrected chi connectivity index (χ1v) is 14.1. The SMILES string of the molecule is Nc1ncnc2c1C(c1ccc(Oc3ccccc3)cc1)=N/[N+]2=C/C1CCCN(C(=O)/C=C/CN2CCOCC2)C1. The normalized spacial score (nSPS) is 20.3. The van der Waals surface area contributed by atoms with Crippen LogP contribution in [-0.2, 0) is 9.53 Å². The molecule has 1 amide bonds. The Labute approximate surface area is 239 Å². The minimum atomic E-state index is 0.0479. The summed E-state index contributed by atoms with van der Waals surface area (Å²) in [6, 6.07) is 17.4. The number of amides is 1. The van der Waals surface area contributed by atoms with E-state index in [1.165, 1.54) is 6.33 Å². The van der Waals surface area contributed by atoms with Gasteiger partial charge in [-0.15, -0.1) is 4.68 Å². The molecule has 41 heavy (non-hydrogen) atoms. The van der Waals surface area contributed by atoms with Gasteiger partial charge in [-0.25, -0.2) is 0 Å². The molecule has 3 aliphatic heterocycles. The molecule has 3 aliphatic rings. The Morgan fingerprint density at radius 3 is 2.63 bits per heavy atom. The average molecular weight is 553 g/mol. The van der Waals surface area contributed by atoms with Crippen molar-refractivity contribution in [2.24, 2.45) is 11.0 Å². The number of morpholine rings is 1. The number of carbonyl (C=O) groups is 1. The third-order valence-corrected chi connectivity index (χ3v) is 7.47. The number of rotatable bonds is 7. The van der Waals surface area contributed by atoms with Gasteiger partial charge in [0.05, 0.1) is 13.2 Å². The number of fused-ring (bicyclic) bond motifs is 1. The van der Waals surface area contributed by atoms with Crippen LogP contribution in [0, 0.1) is 5.92 Å². The number of hydrogen-bond acceptors (Lipinski definition) is 8. The fourth-order valence-electron chi connectivity index (χ4n) is 5.33. The van der Waals surface area contributed by atoms with E-state index in [4.69, 9.17) is 20.3 Å². The van der Waals surface area contributed by atoms with Crippen molar-refractivity contribution in [3.8, 4) is 11.5 Å². The van der Waals surface area contributed by atoms with E-state index >= 15 is 0 Å². The quantitative estimate of drug-likeness (QED) is 0.353. The Morgan fingerprint density at radius 2 is 1.83 bits per heavy atom. The lowest BCUT2D eigenvalue weighted by Crippen LogP contribution is -2.40. The number of para-hydroxylation sites is 1. The van der Waals surface area contributed by atoms with Gasteiger partial charge in [-0.3, -0.25) is 9.69 Å². The van der Waals surface area contributed by atoms with Crippen molar-refractivity contribution in [1.29, 1.82) is 0 Å². The molecule has 2 N–H and O–H groups in total. The van der Waals surface area contributed by atoms with Crippen LogP contribution in [0.2, 0.25) is 0 Å². The van der Waals surface area contributed by atoms with Crippen molar-refractivity contribution in [3.63, 3.8) is 0 Å². The third kappa shape index (κ3) is 6.34. The molecule has 2 fully saturated rings. The van der Waals surface area contributed by atoms with Crippen molar-refractivity contribution >= 4 is 29.5 Å². The molecule has 3 aromatic rings. The van der Waals surface area contributed by atoms with Crippen LogP contribution in [0.15, 0.2) is 78.2 Å². The van der Waals surface area contributed by atoms with Crippen LogP contribution in [0.1, 0.15) is 24.0 Å². The predicted molar refractivity (Wildman–Crippen MR) is 157 cm³/mol. The van der Waals surface area contributed by atoms with Gasteiger partial charge in [-0.1, -0.05) is 29.4 Å². The number of likely N-dealkylation sites (tertiary alicyclic amines) is 1. The number of anilines is 1. The zero-order valence-corrected chi connectivity index (χ0v) is 22.9. The highest BCUT2D eigenvalue weighted by Gasteiger charge is 2.34. The first-order chi connectivity index (χ1) is 20.1. The Bertz CT molecular complexity index is 1460. The molecular weight excluding hydrogens is 518 g/mol. The number of nitrogens with zero attached hydrogens (tertiary/aromatic N) is 6. The number of benzene rings is 2. The molecule has 10 nitrogen and oxygen atoms in total. The van der Waals surface area contributed by atoms with Gasteiger partial charge in [0.1, 0.15) is 34.8 Å². The number of piperidine rings is 1. The second-order valence-electron chi connectivity index (χ2n) is 10.3. The summed E-state index contributed by atoms with van der Waals surface area (Å²) in [6.45, 7) is 5.45. The molecule has 0 aliphatic carbocycles. The molecule has 2 aromatic carbocycles. The topological polar surface area (TPSA) is 109 Å². The first kappa shape index (κ1) is 26.8. The minimum absolute atomic E-state index is 0.0479. The minimum Gasteiger partial charge on any atom is -0.457 e. The maximum Gasteiger partial charge on any atom is 0.363 e. The van der Waals surface area contributed by atoms with Gasteiger partial charge >= 0.3 is 5.82 Å². The first-order valence-electron chi connectivity index (χ1n) is 14.1. The fourth-order valence-corrected chi connectivity index (χ4v) is 5.33. The van der Waals surface area contributed by atoms with Crippen LogP contribution >= 0.6 is 0 Å². The van der Waals surface area contributed by atoms with E-state index in [2.05, 4.69) is 21.1 Å². The number of ether oxygens (including phenoxy) is 2. The van der Waals surface area contributed by atoms with Crippen LogP contribution in [0.25, 0.3) is 0 Å². The number of aromatic nitrogens is 2. The van der Waals surface area contributed by atoms with E-state index in [1.807, 2.05) is 65.6 Å². The summed E-state index contributed by atoms with van der Waals surface area (Å²) < 4.78 is 13.1. The van der Waals surface area contributed by atoms with Crippen LogP contribution in [0.5, 0.6) is 11.5 Å². The number of hydrazone groups is 1. The van der Waals surface area contributed by atoms with Crippen LogP contribution in [0.4, 0.5) is 11.6 Å². The molecule has 0 radical (unpaired) electrons. The highest BCUT2D eigenvalue weighted by atomic mass is 16.5. The lowest BCUT2D eigenvalue weighted by atomic mass is 9.99. The van der Waals surface area contributed by atoms with Crippen molar-refractivity contribution in [1.82, 2.24) is 19.8 Å². The zero-order valence-electron chi connectivity index (χ0n) is 22.9. The second-order valence-corrected chi connectivity index (χ2v) is 10.3. The summed E-state index contributed by atoms with van der Waals surface area (Å²) in [5.41, 5.74) is 8.61. The molecule has 1 aromatic heterocycles. The summed E-state index contributed by atoms with van der Waals surface area (Å²) in [5.74, 6) is 2.70. The molecule has 1 atom stereocenters. The number of carbonyl (C=O) groups excluding carboxylic acids is 1. The average Bonchev–Trinajstić information content (AvgIpc) is 3.38. The summed E-state index contributed by atoms with van der Waals surface area (Å²) in [4.78, 5) is 25.9. The molecule has 10 heteroatoms. The molecule has 0 saturated carbocycles. The van der Waals surface area contributed by atoms with Crippen LogP contribution < -0.4 is 10.5 Å². The third-order valence-electron chi connectivity index (χ3n) is 7.47. The fraction of sp³-hybridized carbons (Fsp3) is 0.323. The van der Waals surface area contributed by atoms with Gasteiger partial charge < -0.3 is 20.1 Å². The Morgan fingerprint density at radius 1 is 1.05 bits per heavy atom.